The summed E-state index contributed by atoms with van der Waals surface area (Å²) in [5.74, 6) is 1.43. The van der Waals surface area contributed by atoms with Crippen molar-refractivity contribution in [1.82, 2.24) is 0 Å². The Kier molecular flexibility index (Phi) is 6.55. The minimum absolute atomic E-state index is 0.277. The van der Waals surface area contributed by atoms with Crippen LogP contribution >= 0.6 is 0 Å². The first-order valence-corrected chi connectivity index (χ1v) is 11.7. The first-order valence-electron chi connectivity index (χ1n) is 11.7. The summed E-state index contributed by atoms with van der Waals surface area (Å²) in [5.41, 5.74) is 9.72. The van der Waals surface area contributed by atoms with Crippen LogP contribution in [0.3, 0.4) is 0 Å². The lowest BCUT2D eigenvalue weighted by molar-refractivity contribution is 0.475. The van der Waals surface area contributed by atoms with Crippen molar-refractivity contribution in [3.63, 3.8) is 0 Å². The van der Waals surface area contributed by atoms with Crippen molar-refractivity contribution in [3.05, 3.63) is 107 Å². The summed E-state index contributed by atoms with van der Waals surface area (Å²) in [6.45, 7) is 8.85. The predicted molar refractivity (Wildman–Crippen MR) is 138 cm³/mol. The molecule has 0 bridgehead atoms. The molecule has 0 aliphatic rings. The summed E-state index contributed by atoms with van der Waals surface area (Å²) in [4.78, 5) is 0. The van der Waals surface area contributed by atoms with Crippen LogP contribution in [0, 0.1) is 0 Å². The van der Waals surface area contributed by atoms with Crippen molar-refractivity contribution in [3.8, 4) is 33.8 Å². The van der Waals surface area contributed by atoms with Crippen molar-refractivity contribution in [1.29, 1.82) is 0 Å². The fourth-order valence-electron chi connectivity index (χ4n) is 4.24. The van der Waals surface area contributed by atoms with Gasteiger partial charge in [-0.1, -0.05) is 88.4 Å². The molecule has 0 aromatic heterocycles. The smallest absolute Gasteiger partial charge is 0.115 e. The van der Waals surface area contributed by atoms with Crippen LogP contribution in [0.2, 0.25) is 0 Å². The van der Waals surface area contributed by atoms with Crippen LogP contribution in [0.1, 0.15) is 61.8 Å². The van der Waals surface area contributed by atoms with Crippen molar-refractivity contribution in [2.75, 3.05) is 0 Å². The molecule has 0 spiro atoms. The second-order valence-electron chi connectivity index (χ2n) is 9.41. The fourth-order valence-corrected chi connectivity index (χ4v) is 4.24. The van der Waals surface area contributed by atoms with E-state index in [-0.39, 0.29) is 11.5 Å². The van der Waals surface area contributed by atoms with Gasteiger partial charge in [-0.25, -0.2) is 0 Å². The molecule has 0 radical (unpaired) electrons. The minimum atomic E-state index is 0.277. The average molecular weight is 437 g/mol. The fraction of sp³-hybridized carbons (Fsp3) is 0.226. The molecule has 0 atom stereocenters. The van der Waals surface area contributed by atoms with E-state index in [1.165, 1.54) is 33.4 Å². The number of phenols is 2. The highest BCUT2D eigenvalue weighted by Crippen LogP contribution is 2.34. The molecule has 0 fully saturated rings. The molecular formula is C31H32O2. The maximum Gasteiger partial charge on any atom is 0.115 e. The molecule has 4 aromatic rings. The Morgan fingerprint density at radius 1 is 0.515 bits per heavy atom. The molecule has 2 N–H and O–H groups in total. The van der Waals surface area contributed by atoms with Gasteiger partial charge >= 0.3 is 0 Å². The normalized spacial score (nSPS) is 11.3. The lowest BCUT2D eigenvalue weighted by Crippen LogP contribution is -1.99. The Bertz CT molecular complexity index is 1130. The van der Waals surface area contributed by atoms with Crippen LogP contribution in [-0.4, -0.2) is 10.2 Å². The Morgan fingerprint density at radius 2 is 0.879 bits per heavy atom. The van der Waals surface area contributed by atoms with E-state index in [0.29, 0.717) is 11.8 Å². The molecular weight excluding hydrogens is 404 g/mol. The van der Waals surface area contributed by atoms with Crippen molar-refractivity contribution < 1.29 is 10.2 Å². The number of aromatic hydroxyl groups is 2. The van der Waals surface area contributed by atoms with Gasteiger partial charge in [-0.15, -0.1) is 0 Å². The molecule has 2 heteroatoms. The van der Waals surface area contributed by atoms with Gasteiger partial charge in [0.2, 0.25) is 0 Å². The number of phenolic OH excluding ortho intramolecular Hbond substituents is 2. The van der Waals surface area contributed by atoms with Gasteiger partial charge in [-0.05, 0) is 87.0 Å². The zero-order chi connectivity index (χ0) is 23.5. The largest absolute Gasteiger partial charge is 0.508 e. The van der Waals surface area contributed by atoms with Gasteiger partial charge < -0.3 is 10.2 Å². The topological polar surface area (TPSA) is 40.5 Å². The van der Waals surface area contributed by atoms with Gasteiger partial charge in [0.15, 0.2) is 0 Å². The van der Waals surface area contributed by atoms with Gasteiger partial charge in [0.1, 0.15) is 11.5 Å². The third kappa shape index (κ3) is 5.12. The molecule has 33 heavy (non-hydrogen) atoms. The van der Waals surface area contributed by atoms with Crippen molar-refractivity contribution in [2.45, 2.75) is 46.0 Å². The highest BCUT2D eigenvalue weighted by molar-refractivity contribution is 5.73. The summed E-state index contributed by atoms with van der Waals surface area (Å²) in [7, 11) is 0. The van der Waals surface area contributed by atoms with Gasteiger partial charge in [0.25, 0.3) is 0 Å². The van der Waals surface area contributed by atoms with Crippen LogP contribution in [0.5, 0.6) is 11.5 Å². The molecule has 0 saturated heterocycles. The molecule has 0 saturated carbocycles. The van der Waals surface area contributed by atoms with Crippen molar-refractivity contribution in [2.24, 2.45) is 0 Å². The van der Waals surface area contributed by atoms with E-state index >= 15 is 0 Å². The highest BCUT2D eigenvalue weighted by atomic mass is 16.3. The maximum atomic E-state index is 9.79. The number of hydrogen-bond acceptors (Lipinski definition) is 2. The van der Waals surface area contributed by atoms with Gasteiger partial charge in [0, 0.05) is 0 Å². The number of hydrogen-bond donors (Lipinski definition) is 2. The monoisotopic (exact) mass is 436 g/mol. The molecule has 0 aliphatic carbocycles. The highest BCUT2D eigenvalue weighted by Gasteiger charge is 2.14. The van der Waals surface area contributed by atoms with E-state index in [0.717, 1.165) is 17.5 Å². The van der Waals surface area contributed by atoms with Crippen molar-refractivity contribution >= 4 is 0 Å². The van der Waals surface area contributed by atoms with Crippen LogP contribution < -0.4 is 0 Å². The molecule has 0 heterocycles. The first kappa shape index (κ1) is 22.7. The molecule has 0 unspecified atom stereocenters. The molecule has 4 aromatic carbocycles. The van der Waals surface area contributed by atoms with E-state index in [1.807, 2.05) is 24.3 Å². The van der Waals surface area contributed by atoms with E-state index in [9.17, 15) is 10.2 Å². The lowest BCUT2D eigenvalue weighted by Gasteiger charge is -2.18. The Balaban J connectivity index is 1.83. The molecule has 168 valence electrons. The summed E-state index contributed by atoms with van der Waals surface area (Å²) < 4.78 is 0. The van der Waals surface area contributed by atoms with Gasteiger partial charge in [-0.3, -0.25) is 0 Å². The zero-order valence-corrected chi connectivity index (χ0v) is 19.8. The quantitative estimate of drug-likeness (QED) is 0.319. The van der Waals surface area contributed by atoms with Crippen LogP contribution in [-0.2, 0) is 6.42 Å². The third-order valence-electron chi connectivity index (χ3n) is 6.34. The van der Waals surface area contributed by atoms with Crippen LogP contribution in [0.4, 0.5) is 0 Å². The average Bonchev–Trinajstić information content (AvgIpc) is 2.80. The van der Waals surface area contributed by atoms with E-state index < -0.39 is 0 Å². The Hall–Kier alpha value is -3.52. The standard InChI is InChI=1S/C31H32O2/c1-20(2)24-5-7-26(30(18-24)22-9-13-28(32)14-10-22)17-27-8-6-25(21(3)4)19-31(27)23-11-15-29(33)16-12-23/h5-16,18-21,32-33H,17H2,1-4H3. The Morgan fingerprint density at radius 3 is 1.21 bits per heavy atom. The minimum Gasteiger partial charge on any atom is -0.508 e. The van der Waals surface area contributed by atoms with E-state index in [2.05, 4.69) is 64.1 Å². The molecule has 2 nitrogen and oxygen atoms in total. The Labute approximate surface area is 197 Å². The summed E-state index contributed by atoms with van der Waals surface area (Å²) >= 11 is 0. The summed E-state index contributed by atoms with van der Waals surface area (Å²) in [6.07, 6.45) is 0.795. The van der Waals surface area contributed by atoms with Gasteiger partial charge in [0.05, 0.1) is 0 Å². The second-order valence-corrected chi connectivity index (χ2v) is 9.41. The summed E-state index contributed by atoms with van der Waals surface area (Å²) in [6, 6.07) is 28.5. The van der Waals surface area contributed by atoms with Gasteiger partial charge in [-0.2, -0.15) is 0 Å². The van der Waals surface area contributed by atoms with E-state index in [1.54, 1.807) is 24.3 Å². The first-order chi connectivity index (χ1) is 15.8. The SMILES string of the molecule is CC(C)c1ccc(Cc2ccc(C(C)C)cc2-c2ccc(O)cc2)c(-c2ccc(O)cc2)c1. The molecule has 0 amide bonds. The number of benzene rings is 4. The van der Waals surface area contributed by atoms with Crippen LogP contribution in [0.25, 0.3) is 22.3 Å². The number of rotatable bonds is 6. The maximum absolute atomic E-state index is 9.79. The zero-order valence-electron chi connectivity index (χ0n) is 19.8. The second kappa shape index (κ2) is 9.54. The van der Waals surface area contributed by atoms with E-state index in [4.69, 9.17) is 0 Å². The lowest BCUT2D eigenvalue weighted by atomic mass is 9.87. The molecule has 4 rings (SSSR count). The van der Waals surface area contributed by atoms with Crippen LogP contribution in [0.15, 0.2) is 84.9 Å². The summed E-state index contributed by atoms with van der Waals surface area (Å²) in [5, 5.41) is 19.6. The molecule has 0 aliphatic heterocycles. The third-order valence-corrected chi connectivity index (χ3v) is 6.34. The predicted octanol–water partition coefficient (Wildman–Crippen LogP) is 8.27.